The number of aryl methyl sites for hydroxylation is 2. The van der Waals surface area contributed by atoms with Gasteiger partial charge in [0.2, 0.25) is 10.0 Å². The first-order chi connectivity index (χ1) is 15.3. The average molecular weight is 461 g/mol. The van der Waals surface area contributed by atoms with Crippen molar-refractivity contribution >= 4 is 20.9 Å². The lowest BCUT2D eigenvalue weighted by Crippen LogP contribution is -2.43. The topological polar surface area (TPSA) is 88.7 Å². The highest BCUT2D eigenvalue weighted by atomic mass is 32.2. The van der Waals surface area contributed by atoms with Crippen LogP contribution in [-0.2, 0) is 26.0 Å². The third kappa shape index (κ3) is 4.61. The summed E-state index contributed by atoms with van der Waals surface area (Å²) in [5.74, 6) is -0.850. The Bertz CT molecular complexity index is 1300. The molecule has 2 aromatic carbocycles. The normalized spacial score (nSPS) is 17.2. The fourth-order valence-electron chi connectivity index (χ4n) is 3.93. The van der Waals surface area contributed by atoms with Gasteiger partial charge in [-0.1, -0.05) is 18.2 Å². The highest BCUT2D eigenvalue weighted by Crippen LogP contribution is 2.24. The summed E-state index contributed by atoms with van der Waals surface area (Å²) in [5.41, 5.74) is 2.53. The van der Waals surface area contributed by atoms with Crippen LogP contribution in [0.3, 0.4) is 0 Å². The maximum absolute atomic E-state index is 14.4. The molecule has 7 nitrogen and oxygen atoms in total. The summed E-state index contributed by atoms with van der Waals surface area (Å²) < 4.78 is 53.3. The minimum Gasteiger partial charge on any atom is -0.376 e. The molecule has 4 rings (SSSR count). The molecule has 1 aliphatic rings. The molecular formula is C23H25FN2O5S. The summed E-state index contributed by atoms with van der Waals surface area (Å²) in [5, 5.41) is 0.825. The number of nitrogens with zero attached hydrogens (tertiary/aromatic N) is 1. The molecule has 9 heteroatoms. The second-order valence-electron chi connectivity index (χ2n) is 7.96. The molecule has 1 atom stereocenters. The molecule has 170 valence electrons. The van der Waals surface area contributed by atoms with E-state index in [4.69, 9.17) is 9.47 Å². The number of halogens is 1. The number of aromatic amines is 1. The van der Waals surface area contributed by atoms with Gasteiger partial charge in [-0.05, 0) is 49.2 Å². The van der Waals surface area contributed by atoms with E-state index in [-0.39, 0.29) is 25.3 Å². The molecule has 0 radical (unpaired) electrons. The predicted molar refractivity (Wildman–Crippen MR) is 119 cm³/mol. The monoisotopic (exact) mass is 460 g/mol. The van der Waals surface area contributed by atoms with E-state index in [0.29, 0.717) is 18.7 Å². The van der Waals surface area contributed by atoms with Crippen LogP contribution in [0.15, 0.2) is 52.2 Å². The van der Waals surface area contributed by atoms with Crippen molar-refractivity contribution in [2.45, 2.75) is 31.4 Å². The van der Waals surface area contributed by atoms with E-state index in [1.54, 1.807) is 6.07 Å². The number of hydrogen-bond donors (Lipinski definition) is 1. The van der Waals surface area contributed by atoms with Crippen LogP contribution in [-0.4, -0.2) is 50.2 Å². The van der Waals surface area contributed by atoms with Crippen molar-refractivity contribution in [3.05, 3.63) is 75.3 Å². The SMILES string of the molecule is Cc1cc(C)c2cc(CN(C[C@@H]3COCCO3)S(=O)(=O)c3ccccc3F)c(=O)[nH]c2c1. The van der Waals surface area contributed by atoms with Crippen LogP contribution in [0.2, 0.25) is 0 Å². The van der Waals surface area contributed by atoms with Crippen LogP contribution in [0.25, 0.3) is 10.9 Å². The Balaban J connectivity index is 1.76. The molecule has 2 heterocycles. The summed E-state index contributed by atoms with van der Waals surface area (Å²) in [6.07, 6.45) is -0.519. The molecular weight excluding hydrogens is 435 g/mol. The van der Waals surface area contributed by atoms with Gasteiger partial charge in [0.1, 0.15) is 10.7 Å². The van der Waals surface area contributed by atoms with E-state index in [0.717, 1.165) is 26.9 Å². The van der Waals surface area contributed by atoms with Gasteiger partial charge in [0.25, 0.3) is 5.56 Å². The van der Waals surface area contributed by atoms with Crippen LogP contribution in [0, 0.1) is 19.7 Å². The number of H-pyrrole nitrogens is 1. The molecule has 0 spiro atoms. The van der Waals surface area contributed by atoms with Crippen LogP contribution >= 0.6 is 0 Å². The molecule has 0 bridgehead atoms. The van der Waals surface area contributed by atoms with E-state index in [2.05, 4.69) is 4.98 Å². The minimum absolute atomic E-state index is 0.0684. The van der Waals surface area contributed by atoms with Gasteiger partial charge in [-0.3, -0.25) is 4.79 Å². The number of sulfonamides is 1. The van der Waals surface area contributed by atoms with Crippen molar-refractivity contribution in [1.82, 2.24) is 9.29 Å². The van der Waals surface area contributed by atoms with Crippen LogP contribution in [0.4, 0.5) is 4.39 Å². The summed E-state index contributed by atoms with van der Waals surface area (Å²) >= 11 is 0. The summed E-state index contributed by atoms with van der Waals surface area (Å²) in [7, 11) is -4.25. The average Bonchev–Trinajstić information content (AvgIpc) is 2.75. The van der Waals surface area contributed by atoms with Gasteiger partial charge in [0.15, 0.2) is 0 Å². The Labute approximate surface area is 185 Å². The van der Waals surface area contributed by atoms with Crippen molar-refractivity contribution < 1.29 is 22.3 Å². The number of fused-ring (bicyclic) bond motifs is 1. The molecule has 0 saturated carbocycles. The smallest absolute Gasteiger partial charge is 0.252 e. The second kappa shape index (κ2) is 9.11. The Morgan fingerprint density at radius 1 is 1.16 bits per heavy atom. The predicted octanol–water partition coefficient (Wildman–Crippen LogP) is 2.89. The molecule has 1 N–H and O–H groups in total. The Kier molecular flexibility index (Phi) is 6.43. The molecule has 0 amide bonds. The molecule has 1 saturated heterocycles. The molecule has 0 aliphatic carbocycles. The van der Waals surface area contributed by atoms with Gasteiger partial charge in [-0.2, -0.15) is 4.31 Å². The van der Waals surface area contributed by atoms with Gasteiger partial charge in [-0.25, -0.2) is 12.8 Å². The first kappa shape index (κ1) is 22.6. The van der Waals surface area contributed by atoms with Crippen molar-refractivity contribution in [2.75, 3.05) is 26.4 Å². The van der Waals surface area contributed by atoms with Gasteiger partial charge < -0.3 is 14.5 Å². The third-order valence-corrected chi connectivity index (χ3v) is 7.33. The van der Waals surface area contributed by atoms with E-state index in [1.807, 2.05) is 26.0 Å². The number of ether oxygens (including phenoxy) is 2. The van der Waals surface area contributed by atoms with E-state index >= 15 is 0 Å². The molecule has 3 aromatic rings. The third-order valence-electron chi connectivity index (χ3n) is 5.48. The lowest BCUT2D eigenvalue weighted by molar-refractivity contribution is -0.0923. The fraction of sp³-hybridized carbons (Fsp3) is 0.348. The van der Waals surface area contributed by atoms with Gasteiger partial charge >= 0.3 is 0 Å². The number of benzene rings is 2. The zero-order valence-electron chi connectivity index (χ0n) is 17.9. The van der Waals surface area contributed by atoms with Crippen molar-refractivity contribution in [1.29, 1.82) is 0 Å². The van der Waals surface area contributed by atoms with E-state index in [9.17, 15) is 17.6 Å². The van der Waals surface area contributed by atoms with E-state index < -0.39 is 32.4 Å². The van der Waals surface area contributed by atoms with E-state index in [1.165, 1.54) is 18.2 Å². The molecule has 1 fully saturated rings. The summed E-state index contributed by atoms with van der Waals surface area (Å²) in [4.78, 5) is 15.2. The van der Waals surface area contributed by atoms with Crippen molar-refractivity contribution in [3.63, 3.8) is 0 Å². The largest absolute Gasteiger partial charge is 0.376 e. The van der Waals surface area contributed by atoms with Crippen molar-refractivity contribution in [2.24, 2.45) is 0 Å². The number of rotatable bonds is 6. The Morgan fingerprint density at radius 3 is 2.66 bits per heavy atom. The van der Waals surface area contributed by atoms with Crippen LogP contribution in [0.5, 0.6) is 0 Å². The summed E-state index contributed by atoms with van der Waals surface area (Å²) in [6.45, 7) is 4.56. The zero-order chi connectivity index (χ0) is 22.9. The Morgan fingerprint density at radius 2 is 1.94 bits per heavy atom. The van der Waals surface area contributed by atoms with Crippen LogP contribution < -0.4 is 5.56 Å². The number of pyridine rings is 1. The number of nitrogens with one attached hydrogen (secondary N) is 1. The van der Waals surface area contributed by atoms with Crippen molar-refractivity contribution in [3.8, 4) is 0 Å². The first-order valence-electron chi connectivity index (χ1n) is 10.3. The van der Waals surface area contributed by atoms with Gasteiger partial charge in [0, 0.05) is 29.6 Å². The second-order valence-corrected chi connectivity index (χ2v) is 9.87. The number of hydrogen-bond acceptors (Lipinski definition) is 5. The molecule has 1 aromatic heterocycles. The maximum atomic E-state index is 14.4. The zero-order valence-corrected chi connectivity index (χ0v) is 18.7. The summed E-state index contributed by atoms with van der Waals surface area (Å²) in [6, 6.07) is 10.8. The first-order valence-corrected chi connectivity index (χ1v) is 11.8. The minimum atomic E-state index is -4.25. The van der Waals surface area contributed by atoms with Gasteiger partial charge in [0.05, 0.1) is 25.9 Å². The standard InChI is InChI=1S/C23H25FN2O5S/c1-15-9-16(2)19-11-17(23(27)25-21(19)10-15)12-26(13-18-14-30-7-8-31-18)32(28,29)22-6-4-3-5-20(22)24/h3-6,9-11,18H,7-8,12-14H2,1-2H3,(H,25,27)/t18-/m1/s1. The molecule has 0 unspecified atom stereocenters. The molecule has 1 aliphatic heterocycles. The quantitative estimate of drug-likeness (QED) is 0.611. The number of aromatic nitrogens is 1. The highest BCUT2D eigenvalue weighted by Gasteiger charge is 2.31. The highest BCUT2D eigenvalue weighted by molar-refractivity contribution is 7.89. The fourth-order valence-corrected chi connectivity index (χ4v) is 5.45. The lowest BCUT2D eigenvalue weighted by Gasteiger charge is -2.29. The lowest BCUT2D eigenvalue weighted by atomic mass is 10.0. The van der Waals surface area contributed by atoms with Gasteiger partial charge in [-0.15, -0.1) is 0 Å². The Hall–Kier alpha value is -2.59. The van der Waals surface area contributed by atoms with Crippen LogP contribution in [0.1, 0.15) is 16.7 Å². The maximum Gasteiger partial charge on any atom is 0.252 e. The molecule has 32 heavy (non-hydrogen) atoms.